The van der Waals surface area contributed by atoms with Crippen LogP contribution in [-0.2, 0) is 9.47 Å². The van der Waals surface area contributed by atoms with Crippen LogP contribution in [0.5, 0.6) is 0 Å². The molecule has 0 saturated heterocycles. The summed E-state index contributed by atoms with van der Waals surface area (Å²) in [6, 6.07) is 10.5. The van der Waals surface area contributed by atoms with E-state index in [9.17, 15) is 0 Å². The van der Waals surface area contributed by atoms with Crippen molar-refractivity contribution in [2.45, 2.75) is 98.7 Å². The third-order valence-electron chi connectivity index (χ3n) is 7.21. The number of hydrogen-bond donors (Lipinski definition) is 0. The van der Waals surface area contributed by atoms with Crippen molar-refractivity contribution in [1.82, 2.24) is 0 Å². The molecule has 0 fully saturated rings. The zero-order valence-electron chi connectivity index (χ0n) is 22.7. The van der Waals surface area contributed by atoms with Crippen molar-refractivity contribution in [3.05, 3.63) is 52.1 Å². The van der Waals surface area contributed by atoms with Crippen LogP contribution in [0.15, 0.2) is 46.6 Å². The van der Waals surface area contributed by atoms with Crippen molar-refractivity contribution >= 4 is 24.5 Å². The predicted octanol–water partition coefficient (Wildman–Crippen LogP) is 8.95. The number of methoxy groups -OCH3 is 2. The summed E-state index contributed by atoms with van der Waals surface area (Å²) >= 11 is -2.28. The molecule has 0 amide bonds. The molecule has 188 valence electrons. The fourth-order valence-electron chi connectivity index (χ4n) is 5.01. The van der Waals surface area contributed by atoms with Gasteiger partial charge in [0.1, 0.15) is 0 Å². The Hall–Kier alpha value is -0.581. The average molecular weight is 563 g/mol. The van der Waals surface area contributed by atoms with Gasteiger partial charge in [-0.25, -0.2) is 0 Å². The van der Waals surface area contributed by atoms with Gasteiger partial charge in [-0.3, -0.25) is 0 Å². The van der Waals surface area contributed by atoms with E-state index in [4.69, 9.17) is 9.47 Å². The molecule has 0 radical (unpaired) electrons. The van der Waals surface area contributed by atoms with E-state index < -0.39 is 18.4 Å². The van der Waals surface area contributed by atoms with Crippen LogP contribution in [0.3, 0.4) is 0 Å². The molecule has 4 atom stereocenters. The Morgan fingerprint density at radius 2 is 1.33 bits per heavy atom. The van der Waals surface area contributed by atoms with Gasteiger partial charge in [0.05, 0.1) is 0 Å². The van der Waals surface area contributed by atoms with Gasteiger partial charge in [0, 0.05) is 0 Å². The molecule has 3 heteroatoms. The SMILES string of the molecule is CCC[CH2][Sn](/[CH]=C/[C@H](C)[C@H](OC)[C@H](C)[C@H](/C=C/c1ccccc1)OC)([CH2]CCC)[CH2]CCC. The number of ether oxygens (including phenoxy) is 2. The minimum atomic E-state index is -2.28. The van der Waals surface area contributed by atoms with Gasteiger partial charge in [0.2, 0.25) is 0 Å². The van der Waals surface area contributed by atoms with Crippen LogP contribution in [0.25, 0.3) is 6.08 Å². The topological polar surface area (TPSA) is 18.5 Å². The predicted molar refractivity (Wildman–Crippen MR) is 149 cm³/mol. The molecule has 0 saturated carbocycles. The first-order valence-electron chi connectivity index (χ1n) is 13.4. The van der Waals surface area contributed by atoms with E-state index in [-0.39, 0.29) is 18.1 Å². The van der Waals surface area contributed by atoms with E-state index in [1.54, 1.807) is 0 Å². The summed E-state index contributed by atoms with van der Waals surface area (Å²) in [4.78, 5) is 0. The summed E-state index contributed by atoms with van der Waals surface area (Å²) < 4.78 is 19.3. The van der Waals surface area contributed by atoms with Crippen LogP contribution in [0.4, 0.5) is 0 Å². The zero-order chi connectivity index (χ0) is 24.5. The van der Waals surface area contributed by atoms with Crippen LogP contribution in [0.2, 0.25) is 13.3 Å². The third-order valence-corrected chi connectivity index (χ3v) is 21.3. The van der Waals surface area contributed by atoms with E-state index in [1.165, 1.54) is 57.4 Å². The van der Waals surface area contributed by atoms with E-state index in [0.29, 0.717) is 5.92 Å². The summed E-state index contributed by atoms with van der Waals surface area (Å²) in [5, 5.41) is 0. The number of unbranched alkanes of at least 4 members (excludes halogenated alkanes) is 3. The Morgan fingerprint density at radius 1 is 0.788 bits per heavy atom. The quantitative estimate of drug-likeness (QED) is 0.166. The van der Waals surface area contributed by atoms with Gasteiger partial charge in [-0.2, -0.15) is 0 Å². The summed E-state index contributed by atoms with van der Waals surface area (Å²) in [7, 11) is 3.67. The van der Waals surface area contributed by atoms with Gasteiger partial charge in [0.25, 0.3) is 0 Å². The van der Waals surface area contributed by atoms with Crippen LogP contribution in [0.1, 0.15) is 78.7 Å². The molecule has 1 aromatic carbocycles. The van der Waals surface area contributed by atoms with Crippen molar-refractivity contribution in [1.29, 1.82) is 0 Å². The van der Waals surface area contributed by atoms with Gasteiger partial charge in [0.15, 0.2) is 0 Å². The first-order valence-corrected chi connectivity index (χ1v) is 21.1. The molecule has 0 aliphatic heterocycles. The second-order valence-electron chi connectivity index (χ2n) is 9.92. The standard InChI is InChI=1S/C18H25O2.3C4H9.Sn/c1-6-14(2)18(20-5)15(3)17(19-4)13-12-16-10-8-7-9-11-16;3*1-3-4-2;/h1,6-15,17-18H,2-5H3;3*1,3-4H2,2H3;/b6-1?,13-12+;;;;/t14-,15+,17-,18-;;;;/m0..../s1. The molecule has 0 unspecified atom stereocenters. The second kappa shape index (κ2) is 17.8. The average Bonchev–Trinajstić information content (AvgIpc) is 2.84. The maximum atomic E-state index is 6.08. The Bertz CT molecular complexity index is 633. The van der Waals surface area contributed by atoms with E-state index >= 15 is 0 Å². The monoisotopic (exact) mass is 564 g/mol. The summed E-state index contributed by atoms with van der Waals surface area (Å²) in [5.74, 6) is 0.653. The van der Waals surface area contributed by atoms with Gasteiger partial charge < -0.3 is 0 Å². The van der Waals surface area contributed by atoms with Crippen LogP contribution >= 0.6 is 0 Å². The molecule has 1 aromatic rings. The van der Waals surface area contributed by atoms with Crippen LogP contribution in [-0.4, -0.2) is 44.8 Å². The number of benzene rings is 1. The van der Waals surface area contributed by atoms with Gasteiger partial charge in [-0.15, -0.1) is 0 Å². The Labute approximate surface area is 210 Å². The zero-order valence-corrected chi connectivity index (χ0v) is 25.5. The third kappa shape index (κ3) is 11.1. The first kappa shape index (κ1) is 30.4. The van der Waals surface area contributed by atoms with Gasteiger partial charge in [-0.05, 0) is 0 Å². The minimum absolute atomic E-state index is 0.0274. The van der Waals surface area contributed by atoms with Crippen molar-refractivity contribution in [2.24, 2.45) is 11.8 Å². The molecule has 0 aliphatic rings. The molecular formula is C30H52O2Sn. The Kier molecular flexibility index (Phi) is 16.4. The summed E-state index contributed by atoms with van der Waals surface area (Å²) in [5.41, 5.74) is 1.20. The molecule has 2 nitrogen and oxygen atoms in total. The first-order chi connectivity index (χ1) is 16.0. The van der Waals surface area contributed by atoms with Crippen molar-refractivity contribution < 1.29 is 9.47 Å². The number of hydrogen-bond acceptors (Lipinski definition) is 2. The summed E-state index contributed by atoms with van der Waals surface area (Å²) in [6.07, 6.45) is 15.3. The molecule has 0 bridgehead atoms. The van der Waals surface area contributed by atoms with Crippen molar-refractivity contribution in [3.8, 4) is 0 Å². The van der Waals surface area contributed by atoms with Gasteiger partial charge >= 0.3 is 211 Å². The van der Waals surface area contributed by atoms with Crippen LogP contribution < -0.4 is 0 Å². The normalized spacial score (nSPS) is 16.3. The maximum absolute atomic E-state index is 6.08. The molecule has 33 heavy (non-hydrogen) atoms. The second-order valence-corrected chi connectivity index (χ2v) is 22.9. The van der Waals surface area contributed by atoms with Gasteiger partial charge in [-0.1, -0.05) is 0 Å². The molecule has 0 spiro atoms. The molecular weight excluding hydrogens is 511 g/mol. The molecule has 0 N–H and O–H groups in total. The summed E-state index contributed by atoms with van der Waals surface area (Å²) in [6.45, 7) is 11.6. The number of rotatable bonds is 18. The Morgan fingerprint density at radius 3 is 1.79 bits per heavy atom. The fourth-order valence-corrected chi connectivity index (χ4v) is 19.7. The molecule has 0 aromatic heterocycles. The fraction of sp³-hybridized carbons (Fsp3) is 0.667. The van der Waals surface area contributed by atoms with E-state index in [1.807, 2.05) is 14.2 Å². The van der Waals surface area contributed by atoms with E-state index in [0.717, 1.165) is 0 Å². The molecule has 0 aliphatic carbocycles. The van der Waals surface area contributed by atoms with Crippen molar-refractivity contribution in [2.75, 3.05) is 14.2 Å². The van der Waals surface area contributed by atoms with Crippen LogP contribution in [0, 0.1) is 11.8 Å². The van der Waals surface area contributed by atoms with E-state index in [2.05, 4.69) is 87.3 Å². The molecule has 1 rings (SSSR count). The Balaban J connectivity index is 3.01. The molecule has 0 heterocycles. The van der Waals surface area contributed by atoms with Crippen molar-refractivity contribution in [3.63, 3.8) is 0 Å².